The van der Waals surface area contributed by atoms with Gasteiger partial charge in [-0.25, -0.2) is 4.39 Å². The average Bonchev–Trinajstić information content (AvgIpc) is 2.37. The van der Waals surface area contributed by atoms with Crippen molar-refractivity contribution in [2.24, 2.45) is 0 Å². The lowest BCUT2D eigenvalue weighted by Crippen LogP contribution is -2.45. The Labute approximate surface area is 107 Å². The molecule has 1 aliphatic rings. The largest absolute Gasteiger partial charge is 0.370 e. The molecule has 1 aliphatic heterocycles. The van der Waals surface area contributed by atoms with Crippen molar-refractivity contribution in [2.45, 2.75) is 18.9 Å². The molecule has 0 aliphatic carbocycles. The van der Waals surface area contributed by atoms with Gasteiger partial charge in [0, 0.05) is 30.9 Å². The molecular formula is C14H19FN2O. The van der Waals surface area contributed by atoms with E-state index in [4.69, 9.17) is 0 Å². The number of rotatable bonds is 3. The molecule has 0 amide bonds. The van der Waals surface area contributed by atoms with Gasteiger partial charge in [0.2, 0.25) is 0 Å². The highest BCUT2D eigenvalue weighted by molar-refractivity contribution is 5.84. The van der Waals surface area contributed by atoms with Gasteiger partial charge in [-0.05, 0) is 44.6 Å². The van der Waals surface area contributed by atoms with Crippen LogP contribution in [0.5, 0.6) is 0 Å². The fourth-order valence-electron chi connectivity index (χ4n) is 2.59. The molecule has 1 saturated heterocycles. The first-order chi connectivity index (χ1) is 8.61. The zero-order valence-corrected chi connectivity index (χ0v) is 10.9. The maximum atomic E-state index is 13.1. The number of likely N-dealkylation sites (N-methyl/N-ethyl adjacent to an activating group) is 2. The Morgan fingerprint density at radius 1 is 1.50 bits per heavy atom. The van der Waals surface area contributed by atoms with E-state index in [0.717, 1.165) is 37.9 Å². The van der Waals surface area contributed by atoms with E-state index in [0.29, 0.717) is 11.6 Å². The fourth-order valence-corrected chi connectivity index (χ4v) is 2.59. The Morgan fingerprint density at radius 3 is 2.94 bits per heavy atom. The summed E-state index contributed by atoms with van der Waals surface area (Å²) in [4.78, 5) is 15.4. The first kappa shape index (κ1) is 13.0. The van der Waals surface area contributed by atoms with E-state index in [1.807, 2.05) is 7.05 Å². The van der Waals surface area contributed by atoms with Gasteiger partial charge >= 0.3 is 0 Å². The van der Waals surface area contributed by atoms with E-state index in [-0.39, 0.29) is 5.82 Å². The van der Waals surface area contributed by atoms with Gasteiger partial charge in [0.25, 0.3) is 0 Å². The molecule has 3 nitrogen and oxygen atoms in total. The lowest BCUT2D eigenvalue weighted by Gasteiger charge is -2.37. The number of likely N-dealkylation sites (tertiary alicyclic amines) is 1. The molecular weight excluding hydrogens is 231 g/mol. The quantitative estimate of drug-likeness (QED) is 0.768. The van der Waals surface area contributed by atoms with Crippen LogP contribution in [0.4, 0.5) is 10.1 Å². The van der Waals surface area contributed by atoms with Crippen LogP contribution >= 0.6 is 0 Å². The van der Waals surface area contributed by atoms with Gasteiger partial charge in [-0.3, -0.25) is 4.79 Å². The molecule has 0 bridgehead atoms. The van der Waals surface area contributed by atoms with Crippen LogP contribution in [0.1, 0.15) is 23.2 Å². The minimum absolute atomic E-state index is 0.366. The summed E-state index contributed by atoms with van der Waals surface area (Å²) in [6, 6.07) is 4.78. The number of carbonyl (C=O) groups is 1. The molecule has 2 rings (SSSR count). The highest BCUT2D eigenvalue weighted by Crippen LogP contribution is 2.24. The number of hydrogen-bond donors (Lipinski definition) is 0. The smallest absolute Gasteiger partial charge is 0.152 e. The molecule has 1 fully saturated rings. The zero-order valence-electron chi connectivity index (χ0n) is 10.9. The maximum Gasteiger partial charge on any atom is 0.152 e. The molecule has 0 saturated carbocycles. The van der Waals surface area contributed by atoms with Gasteiger partial charge in [-0.2, -0.15) is 0 Å². The summed E-state index contributed by atoms with van der Waals surface area (Å²) in [5, 5.41) is 0. The summed E-state index contributed by atoms with van der Waals surface area (Å²) >= 11 is 0. The maximum absolute atomic E-state index is 13.1. The Hall–Kier alpha value is -1.42. The lowest BCUT2D eigenvalue weighted by molar-refractivity contribution is 0.112. The highest BCUT2D eigenvalue weighted by Gasteiger charge is 2.22. The Balaban J connectivity index is 2.22. The molecule has 18 heavy (non-hydrogen) atoms. The number of nitrogens with zero attached hydrogens (tertiary/aromatic N) is 2. The lowest BCUT2D eigenvalue weighted by atomic mass is 10.0. The standard InChI is InChI=1S/C14H19FN2O/c1-16-7-3-4-13(9-16)17(2)14-6-5-12(15)8-11(14)10-18/h5-6,8,10,13H,3-4,7,9H2,1-2H3. The van der Waals surface area contributed by atoms with Crippen LogP contribution in [-0.2, 0) is 0 Å². The second-order valence-electron chi connectivity index (χ2n) is 4.99. The van der Waals surface area contributed by atoms with E-state index >= 15 is 0 Å². The summed E-state index contributed by atoms with van der Waals surface area (Å²) in [5.74, 6) is -0.366. The molecule has 0 spiro atoms. The van der Waals surface area contributed by atoms with E-state index in [1.165, 1.54) is 12.1 Å². The topological polar surface area (TPSA) is 23.6 Å². The van der Waals surface area contributed by atoms with Crippen LogP contribution in [0.25, 0.3) is 0 Å². The number of halogens is 1. The molecule has 0 aromatic heterocycles. The second-order valence-corrected chi connectivity index (χ2v) is 4.99. The van der Waals surface area contributed by atoms with E-state index < -0.39 is 0 Å². The summed E-state index contributed by atoms with van der Waals surface area (Å²) in [6.45, 7) is 2.10. The fraction of sp³-hybridized carbons (Fsp3) is 0.500. The van der Waals surface area contributed by atoms with Crippen LogP contribution in [0, 0.1) is 5.82 Å². The van der Waals surface area contributed by atoms with Gasteiger partial charge in [-0.1, -0.05) is 0 Å². The van der Waals surface area contributed by atoms with Gasteiger partial charge in [0.1, 0.15) is 5.82 Å². The molecule has 1 unspecified atom stereocenters. The van der Waals surface area contributed by atoms with Crippen molar-refractivity contribution in [1.82, 2.24) is 4.90 Å². The molecule has 1 aromatic rings. The first-order valence-electron chi connectivity index (χ1n) is 6.28. The number of hydrogen-bond acceptors (Lipinski definition) is 3. The van der Waals surface area contributed by atoms with Crippen LogP contribution < -0.4 is 4.90 Å². The monoisotopic (exact) mass is 250 g/mol. The Bertz CT molecular complexity index is 436. The van der Waals surface area contributed by atoms with E-state index in [1.54, 1.807) is 6.07 Å². The SMILES string of the molecule is CN1CCCC(N(C)c2ccc(F)cc2C=O)C1. The van der Waals surface area contributed by atoms with Crippen LogP contribution in [0.3, 0.4) is 0 Å². The van der Waals surface area contributed by atoms with Crippen LogP contribution in [-0.4, -0.2) is 44.4 Å². The zero-order chi connectivity index (χ0) is 13.1. The third-order valence-electron chi connectivity index (χ3n) is 3.64. The second kappa shape index (κ2) is 5.48. The normalized spacial score (nSPS) is 20.7. The van der Waals surface area contributed by atoms with Crippen LogP contribution in [0.2, 0.25) is 0 Å². The van der Waals surface area contributed by atoms with Crippen molar-refractivity contribution in [2.75, 3.05) is 32.1 Å². The van der Waals surface area contributed by atoms with Crippen molar-refractivity contribution in [3.8, 4) is 0 Å². The first-order valence-corrected chi connectivity index (χ1v) is 6.28. The molecule has 0 radical (unpaired) electrons. The predicted molar refractivity (Wildman–Crippen MR) is 70.7 cm³/mol. The number of aldehydes is 1. The number of benzene rings is 1. The third kappa shape index (κ3) is 2.70. The summed E-state index contributed by atoms with van der Waals surface area (Å²) in [6.07, 6.45) is 2.99. The van der Waals surface area contributed by atoms with Crippen molar-refractivity contribution >= 4 is 12.0 Å². The molecule has 1 atom stereocenters. The number of piperidine rings is 1. The summed E-state index contributed by atoms with van der Waals surface area (Å²) < 4.78 is 13.1. The number of carbonyl (C=O) groups excluding carboxylic acids is 1. The molecule has 0 N–H and O–H groups in total. The predicted octanol–water partition coefficient (Wildman–Crippen LogP) is 2.17. The Kier molecular flexibility index (Phi) is 3.97. The van der Waals surface area contributed by atoms with Gasteiger partial charge in [0.05, 0.1) is 0 Å². The van der Waals surface area contributed by atoms with E-state index in [9.17, 15) is 9.18 Å². The van der Waals surface area contributed by atoms with Crippen molar-refractivity contribution in [3.63, 3.8) is 0 Å². The molecule has 98 valence electrons. The van der Waals surface area contributed by atoms with Gasteiger partial charge < -0.3 is 9.80 Å². The van der Waals surface area contributed by atoms with Crippen molar-refractivity contribution in [1.29, 1.82) is 0 Å². The Morgan fingerprint density at radius 2 is 2.28 bits per heavy atom. The van der Waals surface area contributed by atoms with E-state index in [2.05, 4.69) is 16.8 Å². The van der Waals surface area contributed by atoms with Crippen LogP contribution in [0.15, 0.2) is 18.2 Å². The highest BCUT2D eigenvalue weighted by atomic mass is 19.1. The minimum Gasteiger partial charge on any atom is -0.370 e. The van der Waals surface area contributed by atoms with Crippen molar-refractivity contribution < 1.29 is 9.18 Å². The van der Waals surface area contributed by atoms with Crippen molar-refractivity contribution in [3.05, 3.63) is 29.6 Å². The molecule has 1 heterocycles. The summed E-state index contributed by atoms with van der Waals surface area (Å²) in [7, 11) is 4.08. The van der Waals surface area contributed by atoms with Gasteiger partial charge in [0.15, 0.2) is 6.29 Å². The third-order valence-corrected chi connectivity index (χ3v) is 3.64. The van der Waals surface area contributed by atoms with Gasteiger partial charge in [-0.15, -0.1) is 0 Å². The minimum atomic E-state index is -0.366. The molecule has 4 heteroatoms. The molecule has 1 aromatic carbocycles. The summed E-state index contributed by atoms with van der Waals surface area (Å²) in [5.41, 5.74) is 1.23. The number of anilines is 1. The average molecular weight is 250 g/mol.